The van der Waals surface area contributed by atoms with Crippen molar-refractivity contribution in [2.24, 2.45) is 0 Å². The van der Waals surface area contributed by atoms with Gasteiger partial charge in [0.2, 0.25) is 0 Å². The van der Waals surface area contributed by atoms with Crippen molar-refractivity contribution in [3.63, 3.8) is 0 Å². The maximum absolute atomic E-state index is 5.74. The molecule has 6 heteroatoms. The van der Waals surface area contributed by atoms with Crippen molar-refractivity contribution in [1.29, 1.82) is 0 Å². The van der Waals surface area contributed by atoms with Gasteiger partial charge in [0.25, 0.3) is 0 Å². The summed E-state index contributed by atoms with van der Waals surface area (Å²) < 4.78 is 18.1. The lowest BCUT2D eigenvalue weighted by Gasteiger charge is -2.37. The maximum Gasteiger partial charge on any atom is 0.511 e. The average Bonchev–Trinajstić information content (AvgIpc) is 2.01. The fourth-order valence-corrected chi connectivity index (χ4v) is 5.24. The minimum atomic E-state index is -2.24. The molecule has 0 amide bonds. The Hall–Kier alpha value is 0.787. The summed E-state index contributed by atoms with van der Waals surface area (Å²) >= 11 is 2.30. The molecule has 3 rings (SSSR count). The molecule has 0 unspecified atom stereocenters. The van der Waals surface area contributed by atoms with Crippen molar-refractivity contribution in [1.82, 2.24) is 4.90 Å². The van der Waals surface area contributed by atoms with E-state index in [-0.39, 0.29) is 0 Å². The van der Waals surface area contributed by atoms with Gasteiger partial charge in [0.15, 0.2) is 0 Å². The Kier molecular flexibility index (Phi) is 3.60. The minimum Gasteiger partial charge on any atom is -0.372 e. The third kappa shape index (κ3) is 2.42. The lowest BCUT2D eigenvalue weighted by Crippen LogP contribution is -2.56. The second-order valence-electron chi connectivity index (χ2n) is 3.20. The van der Waals surface area contributed by atoms with Crippen molar-refractivity contribution in [2.45, 2.75) is 0 Å². The fraction of sp³-hybridized carbons (Fsp3) is 1.00. The number of alkyl halides is 1. The van der Waals surface area contributed by atoms with Crippen LogP contribution < -0.4 is 0 Å². The molecule has 0 radical (unpaired) electrons. The summed E-state index contributed by atoms with van der Waals surface area (Å²) in [5.41, 5.74) is 0. The molecule has 0 spiro atoms. The van der Waals surface area contributed by atoms with Gasteiger partial charge in [-0.3, -0.25) is 4.90 Å². The summed E-state index contributed by atoms with van der Waals surface area (Å²) in [5.74, 6) is 0. The summed E-state index contributed by atoms with van der Waals surface area (Å²) in [7, 11) is -2.24. The Balaban J connectivity index is 2.07. The van der Waals surface area contributed by atoms with E-state index in [2.05, 4.69) is 27.5 Å². The molecule has 3 aliphatic heterocycles. The largest absolute Gasteiger partial charge is 0.511 e. The third-order valence-electron chi connectivity index (χ3n) is 2.35. The number of halogens is 1. The van der Waals surface area contributed by atoms with Gasteiger partial charge in [-0.1, -0.05) is 22.6 Å². The topological polar surface area (TPSA) is 30.9 Å². The molecule has 0 saturated carbocycles. The molecule has 76 valence electrons. The first-order chi connectivity index (χ1) is 6.35. The molecule has 2 bridgehead atoms. The Morgan fingerprint density at radius 1 is 1.00 bits per heavy atom. The van der Waals surface area contributed by atoms with Gasteiger partial charge in [0.1, 0.15) is 0 Å². The van der Waals surface area contributed by atoms with Crippen molar-refractivity contribution >= 4 is 31.4 Å². The number of rotatable bonds is 1. The van der Waals surface area contributed by atoms with E-state index in [1.165, 1.54) is 0 Å². The highest BCUT2D eigenvalue weighted by Gasteiger charge is 2.42. The molecule has 0 aromatic carbocycles. The van der Waals surface area contributed by atoms with Crippen LogP contribution in [0, 0.1) is 0 Å². The van der Waals surface area contributed by atoms with Gasteiger partial charge in [-0.15, -0.1) is 0 Å². The number of hydrogen-bond acceptors (Lipinski definition) is 4. The summed E-state index contributed by atoms with van der Waals surface area (Å²) in [6.45, 7) is 5.36. The highest BCUT2D eigenvalue weighted by atomic mass is 127. The number of fused-ring (bicyclic) bond motifs is 6. The SMILES string of the molecule is IC[Si]12OCCN(CCO1)CCO2. The summed E-state index contributed by atoms with van der Waals surface area (Å²) in [5, 5.41) is 0. The molecule has 0 aromatic rings. The number of hydrogen-bond donors (Lipinski definition) is 0. The monoisotopic (exact) mass is 315 g/mol. The quantitative estimate of drug-likeness (QED) is 0.395. The highest BCUT2D eigenvalue weighted by molar-refractivity contribution is 14.1. The van der Waals surface area contributed by atoms with Gasteiger partial charge < -0.3 is 13.3 Å². The highest BCUT2D eigenvalue weighted by Crippen LogP contribution is 2.17. The van der Waals surface area contributed by atoms with Crippen LogP contribution in [0.15, 0.2) is 0 Å². The molecule has 0 aromatic heterocycles. The van der Waals surface area contributed by atoms with E-state index in [4.69, 9.17) is 13.3 Å². The predicted octanol–water partition coefficient (Wildman–Crippen LogP) is 0.278. The van der Waals surface area contributed by atoms with Crippen LogP contribution in [0.3, 0.4) is 0 Å². The van der Waals surface area contributed by atoms with Crippen LogP contribution >= 0.6 is 22.6 Å². The summed E-state index contributed by atoms with van der Waals surface area (Å²) in [6, 6.07) is 0. The smallest absolute Gasteiger partial charge is 0.372 e. The predicted molar refractivity (Wildman–Crippen MR) is 58.9 cm³/mol. The first-order valence-electron chi connectivity index (χ1n) is 4.55. The number of nitrogens with zero attached hydrogens (tertiary/aromatic N) is 1. The summed E-state index contributed by atoms with van der Waals surface area (Å²) in [4.78, 5) is 2.32. The van der Waals surface area contributed by atoms with E-state index < -0.39 is 8.80 Å². The zero-order chi connectivity index (χ0) is 9.15. The van der Waals surface area contributed by atoms with Crippen LogP contribution in [0.1, 0.15) is 0 Å². The van der Waals surface area contributed by atoms with Gasteiger partial charge in [-0.25, -0.2) is 0 Å². The molecule has 0 atom stereocenters. The lowest BCUT2D eigenvalue weighted by atomic mass is 10.4. The molecule has 0 aliphatic carbocycles. The van der Waals surface area contributed by atoms with E-state index in [0.29, 0.717) is 0 Å². The van der Waals surface area contributed by atoms with Crippen LogP contribution in [-0.2, 0) is 13.3 Å². The van der Waals surface area contributed by atoms with Crippen LogP contribution in [0.2, 0.25) is 0 Å². The standard InChI is InChI=1S/C7H14INO3Si/c8-7-13-10-4-1-9(2-5-11-13)3-6-12-13/h1-7H2. The molecule has 3 fully saturated rings. The van der Waals surface area contributed by atoms with Gasteiger partial charge >= 0.3 is 8.80 Å². The van der Waals surface area contributed by atoms with Crippen LogP contribution in [-0.4, -0.2) is 57.2 Å². The average molecular weight is 315 g/mol. The Bertz CT molecular complexity index is 157. The minimum absolute atomic E-state index is 0.759. The van der Waals surface area contributed by atoms with Crippen LogP contribution in [0.4, 0.5) is 0 Å². The zero-order valence-electron chi connectivity index (χ0n) is 7.50. The maximum atomic E-state index is 5.74. The molecule has 3 heterocycles. The third-order valence-corrected chi connectivity index (χ3v) is 7.41. The Labute approximate surface area is 93.0 Å². The van der Waals surface area contributed by atoms with E-state index >= 15 is 0 Å². The van der Waals surface area contributed by atoms with Gasteiger partial charge in [-0.05, 0) is 0 Å². The van der Waals surface area contributed by atoms with E-state index in [0.717, 1.165) is 43.5 Å². The van der Waals surface area contributed by atoms with Gasteiger partial charge in [-0.2, -0.15) is 0 Å². The first kappa shape index (κ1) is 10.3. The normalized spacial score (nSPS) is 40.8. The lowest BCUT2D eigenvalue weighted by molar-refractivity contribution is -0.00388. The molecule has 13 heavy (non-hydrogen) atoms. The second kappa shape index (κ2) is 4.54. The summed E-state index contributed by atoms with van der Waals surface area (Å²) in [6.07, 6.45) is 0. The first-order valence-corrected chi connectivity index (χ1v) is 8.01. The van der Waals surface area contributed by atoms with Gasteiger partial charge in [0.05, 0.1) is 23.9 Å². The van der Waals surface area contributed by atoms with Crippen LogP contribution in [0.5, 0.6) is 0 Å². The van der Waals surface area contributed by atoms with Crippen LogP contribution in [0.25, 0.3) is 0 Å². The molecular weight excluding hydrogens is 301 g/mol. The Morgan fingerprint density at radius 2 is 1.46 bits per heavy atom. The van der Waals surface area contributed by atoms with Crippen molar-refractivity contribution in [3.05, 3.63) is 0 Å². The second-order valence-corrected chi connectivity index (χ2v) is 7.99. The van der Waals surface area contributed by atoms with Gasteiger partial charge in [0, 0.05) is 19.6 Å². The van der Waals surface area contributed by atoms with E-state index in [1.807, 2.05) is 0 Å². The molecule has 4 nitrogen and oxygen atoms in total. The van der Waals surface area contributed by atoms with Crippen molar-refractivity contribution in [2.75, 3.05) is 43.5 Å². The van der Waals surface area contributed by atoms with E-state index in [1.54, 1.807) is 0 Å². The van der Waals surface area contributed by atoms with E-state index in [9.17, 15) is 0 Å². The van der Waals surface area contributed by atoms with Crippen molar-refractivity contribution in [3.8, 4) is 0 Å². The fourth-order valence-electron chi connectivity index (χ4n) is 1.57. The molecule has 3 saturated heterocycles. The molecule has 0 N–H and O–H groups in total. The molecule has 3 aliphatic rings. The molecular formula is C7H14INO3Si. The zero-order valence-corrected chi connectivity index (χ0v) is 10.7. The van der Waals surface area contributed by atoms with Crippen molar-refractivity contribution < 1.29 is 13.3 Å². The Morgan fingerprint density at radius 3 is 1.85 bits per heavy atom.